The number of aliphatic hydroxyl groups excluding tert-OH is 2. The van der Waals surface area contributed by atoms with Crippen LogP contribution >= 0.6 is 0 Å². The van der Waals surface area contributed by atoms with Gasteiger partial charge in [-0.25, -0.2) is 5.84 Å². The Hall–Kier alpha value is -1.71. The minimum atomic E-state index is -0.923. The maximum atomic E-state index is 9.30. The molecule has 0 aliphatic heterocycles. The normalized spacial score (nSPS) is 11.3. The summed E-state index contributed by atoms with van der Waals surface area (Å²) >= 11 is 0. The minimum absolute atomic E-state index is 0.211. The molecule has 0 bridgehead atoms. The van der Waals surface area contributed by atoms with Crippen molar-refractivity contribution < 1.29 is 10.2 Å². The Balaban J connectivity index is 3.10. The molecule has 0 fully saturated rings. The van der Waals surface area contributed by atoms with E-state index in [9.17, 15) is 10.2 Å². The van der Waals surface area contributed by atoms with Crippen LogP contribution in [0.1, 0.15) is 20.8 Å². The Morgan fingerprint density at radius 2 is 1.65 bits per heavy atom. The summed E-state index contributed by atoms with van der Waals surface area (Å²) < 4.78 is 0. The zero-order valence-electron chi connectivity index (χ0n) is 12.1. The van der Waals surface area contributed by atoms with E-state index in [-0.39, 0.29) is 25.1 Å². The maximum absolute atomic E-state index is 9.30. The van der Waals surface area contributed by atoms with Crippen molar-refractivity contribution in [3.8, 4) is 0 Å². The van der Waals surface area contributed by atoms with Gasteiger partial charge in [-0.15, -0.1) is 0 Å². The lowest BCUT2D eigenvalue weighted by atomic mass is 10.1. The van der Waals surface area contributed by atoms with Gasteiger partial charge >= 0.3 is 0 Å². The van der Waals surface area contributed by atoms with Crippen LogP contribution in [0.5, 0.6) is 0 Å². The van der Waals surface area contributed by atoms with Gasteiger partial charge in [-0.05, 0) is 20.8 Å². The molecule has 20 heavy (non-hydrogen) atoms. The molecule has 0 unspecified atom stereocenters. The average molecular weight is 285 g/mol. The van der Waals surface area contributed by atoms with Gasteiger partial charge in [0, 0.05) is 13.1 Å². The number of nitrogens with one attached hydrogen (secondary N) is 2. The van der Waals surface area contributed by atoms with Crippen LogP contribution in [-0.2, 0) is 0 Å². The van der Waals surface area contributed by atoms with Gasteiger partial charge in [-0.2, -0.15) is 15.0 Å². The van der Waals surface area contributed by atoms with Crippen LogP contribution in [0.4, 0.5) is 17.8 Å². The largest absolute Gasteiger partial charge is 0.394 e. The number of aromatic nitrogens is 3. The number of rotatable bonds is 8. The van der Waals surface area contributed by atoms with E-state index >= 15 is 0 Å². The molecular formula is C11H23N7O2. The molecule has 1 heterocycles. The fourth-order valence-corrected chi connectivity index (χ4v) is 1.53. The Labute approximate surface area is 118 Å². The average Bonchev–Trinajstić information content (AvgIpc) is 2.48. The highest BCUT2D eigenvalue weighted by atomic mass is 16.3. The summed E-state index contributed by atoms with van der Waals surface area (Å²) in [6.07, 6.45) is 0. The van der Waals surface area contributed by atoms with E-state index < -0.39 is 5.54 Å². The summed E-state index contributed by atoms with van der Waals surface area (Å²) in [4.78, 5) is 14.5. The maximum Gasteiger partial charge on any atom is 0.243 e. The summed E-state index contributed by atoms with van der Waals surface area (Å²) in [5.74, 6) is 6.27. The summed E-state index contributed by atoms with van der Waals surface area (Å²) in [5.41, 5.74) is 1.46. The van der Waals surface area contributed by atoms with Gasteiger partial charge in [0.25, 0.3) is 0 Å². The van der Waals surface area contributed by atoms with Crippen LogP contribution in [0.25, 0.3) is 0 Å². The van der Waals surface area contributed by atoms with Gasteiger partial charge in [0.2, 0.25) is 17.8 Å². The highest BCUT2D eigenvalue weighted by Gasteiger charge is 2.24. The number of hydrogen-bond donors (Lipinski definition) is 5. The molecule has 9 heteroatoms. The number of anilines is 3. The third kappa shape index (κ3) is 3.89. The highest BCUT2D eigenvalue weighted by molar-refractivity contribution is 5.44. The van der Waals surface area contributed by atoms with Crippen LogP contribution in [0.2, 0.25) is 0 Å². The smallest absolute Gasteiger partial charge is 0.243 e. The summed E-state index contributed by atoms with van der Waals surface area (Å²) in [6, 6.07) is 0. The standard InChI is InChI=1S/C11H23N7O2/c1-4-18(5-2)10-14-8(13-9(15-10)17-12)16-11(3,6-19)7-20/h19-20H,4-7,12H2,1-3H3,(H2,13,14,15,16,17). The molecule has 114 valence electrons. The number of nitrogen functional groups attached to an aromatic ring is 1. The molecule has 1 rings (SSSR count). The minimum Gasteiger partial charge on any atom is -0.394 e. The molecule has 0 saturated carbocycles. The molecule has 1 aromatic heterocycles. The van der Waals surface area contributed by atoms with E-state index in [1.54, 1.807) is 6.92 Å². The fourth-order valence-electron chi connectivity index (χ4n) is 1.53. The molecule has 1 aromatic rings. The van der Waals surface area contributed by atoms with Crippen molar-refractivity contribution >= 4 is 17.8 Å². The van der Waals surface area contributed by atoms with E-state index in [0.29, 0.717) is 5.95 Å². The lowest BCUT2D eigenvalue weighted by Gasteiger charge is -2.27. The molecule has 9 nitrogen and oxygen atoms in total. The monoisotopic (exact) mass is 285 g/mol. The zero-order chi connectivity index (χ0) is 15.2. The van der Waals surface area contributed by atoms with Crippen LogP contribution in [-0.4, -0.2) is 57.0 Å². The molecule has 0 aromatic carbocycles. The van der Waals surface area contributed by atoms with Crippen molar-refractivity contribution in [2.24, 2.45) is 5.84 Å². The van der Waals surface area contributed by atoms with Gasteiger partial charge in [0.1, 0.15) is 0 Å². The van der Waals surface area contributed by atoms with Crippen molar-refractivity contribution in [3.63, 3.8) is 0 Å². The molecular weight excluding hydrogens is 262 g/mol. The van der Waals surface area contributed by atoms with Gasteiger partial charge in [-0.1, -0.05) is 0 Å². The van der Waals surface area contributed by atoms with Crippen LogP contribution in [0, 0.1) is 0 Å². The predicted molar refractivity (Wildman–Crippen MR) is 77.4 cm³/mol. The van der Waals surface area contributed by atoms with Crippen LogP contribution < -0.4 is 21.5 Å². The Kier molecular flexibility index (Phi) is 5.86. The molecule has 0 saturated heterocycles. The molecule has 0 amide bonds. The predicted octanol–water partition coefficient (Wildman–Crippen LogP) is -0.841. The van der Waals surface area contributed by atoms with Gasteiger partial charge in [0.05, 0.1) is 18.8 Å². The molecule has 6 N–H and O–H groups in total. The second-order valence-electron chi connectivity index (χ2n) is 4.60. The van der Waals surface area contributed by atoms with Crippen LogP contribution in [0.3, 0.4) is 0 Å². The molecule has 0 atom stereocenters. The van der Waals surface area contributed by atoms with Gasteiger partial charge in [-0.3, -0.25) is 5.43 Å². The van der Waals surface area contributed by atoms with Crippen molar-refractivity contribution in [1.29, 1.82) is 0 Å². The lowest BCUT2D eigenvalue weighted by Crippen LogP contribution is -2.43. The van der Waals surface area contributed by atoms with Gasteiger partial charge in [0.15, 0.2) is 0 Å². The number of hydrogen-bond acceptors (Lipinski definition) is 9. The Morgan fingerprint density at radius 1 is 1.10 bits per heavy atom. The number of hydrazine groups is 1. The first-order valence-electron chi connectivity index (χ1n) is 6.49. The van der Waals surface area contributed by atoms with E-state index in [1.807, 2.05) is 18.7 Å². The van der Waals surface area contributed by atoms with Crippen molar-refractivity contribution in [2.45, 2.75) is 26.3 Å². The first-order valence-corrected chi connectivity index (χ1v) is 6.49. The quantitative estimate of drug-likeness (QED) is 0.306. The zero-order valence-corrected chi connectivity index (χ0v) is 12.1. The highest BCUT2D eigenvalue weighted by Crippen LogP contribution is 2.16. The molecule has 0 aliphatic rings. The van der Waals surface area contributed by atoms with Gasteiger partial charge < -0.3 is 20.4 Å². The summed E-state index contributed by atoms with van der Waals surface area (Å²) in [5, 5.41) is 21.5. The van der Waals surface area contributed by atoms with E-state index in [2.05, 4.69) is 25.7 Å². The third-order valence-corrected chi connectivity index (χ3v) is 2.91. The van der Waals surface area contributed by atoms with E-state index in [0.717, 1.165) is 13.1 Å². The third-order valence-electron chi connectivity index (χ3n) is 2.91. The van der Waals surface area contributed by atoms with E-state index in [4.69, 9.17) is 5.84 Å². The van der Waals surface area contributed by atoms with E-state index in [1.165, 1.54) is 0 Å². The molecule has 0 aliphatic carbocycles. The fraction of sp³-hybridized carbons (Fsp3) is 0.727. The number of nitrogens with two attached hydrogens (primary N) is 1. The molecule has 0 radical (unpaired) electrons. The lowest BCUT2D eigenvalue weighted by molar-refractivity contribution is 0.147. The second kappa shape index (κ2) is 7.17. The summed E-state index contributed by atoms with van der Waals surface area (Å²) in [7, 11) is 0. The number of aliphatic hydroxyl groups is 2. The SMILES string of the molecule is CCN(CC)c1nc(NN)nc(NC(C)(CO)CO)n1. The Morgan fingerprint density at radius 3 is 2.10 bits per heavy atom. The van der Waals surface area contributed by atoms with Crippen molar-refractivity contribution in [3.05, 3.63) is 0 Å². The Bertz CT molecular complexity index is 421. The van der Waals surface area contributed by atoms with Crippen molar-refractivity contribution in [1.82, 2.24) is 15.0 Å². The number of nitrogens with zero attached hydrogens (tertiary/aromatic N) is 4. The van der Waals surface area contributed by atoms with Crippen LogP contribution in [0.15, 0.2) is 0 Å². The summed E-state index contributed by atoms with van der Waals surface area (Å²) in [6.45, 7) is 6.58. The first-order chi connectivity index (χ1) is 9.51. The molecule has 0 spiro atoms. The topological polar surface area (TPSA) is 132 Å². The van der Waals surface area contributed by atoms with Crippen molar-refractivity contribution in [2.75, 3.05) is 41.9 Å². The first kappa shape index (κ1) is 16.3. The second-order valence-corrected chi connectivity index (χ2v) is 4.60.